The Morgan fingerprint density at radius 3 is 2.81 bits per heavy atom. The van der Waals surface area contributed by atoms with Crippen molar-refractivity contribution in [3.05, 3.63) is 39.5 Å². The van der Waals surface area contributed by atoms with Crippen LogP contribution in [0.4, 0.5) is 16.2 Å². The number of thiophene rings is 1. The first kappa shape index (κ1) is 21.5. The van der Waals surface area contributed by atoms with E-state index in [4.69, 9.17) is 21.1 Å². The van der Waals surface area contributed by atoms with Gasteiger partial charge in [-0.3, -0.25) is 14.5 Å². The van der Waals surface area contributed by atoms with E-state index in [0.717, 1.165) is 18.5 Å². The normalized spacial score (nSPS) is 18.8. The third-order valence-corrected chi connectivity index (χ3v) is 6.48. The zero-order valence-corrected chi connectivity index (χ0v) is 18.5. The Labute approximate surface area is 188 Å². The van der Waals surface area contributed by atoms with E-state index in [1.54, 1.807) is 29.2 Å². The molecule has 1 aromatic heterocycles. The molecule has 3 amide bonds. The lowest BCUT2D eigenvalue weighted by atomic mass is 10.1. The average Bonchev–Trinajstić information content (AvgIpc) is 3.37. The van der Waals surface area contributed by atoms with Gasteiger partial charge in [0.15, 0.2) is 0 Å². The van der Waals surface area contributed by atoms with Crippen molar-refractivity contribution < 1.29 is 23.9 Å². The van der Waals surface area contributed by atoms with Crippen molar-refractivity contribution >= 4 is 52.2 Å². The Morgan fingerprint density at radius 1 is 1.26 bits per heavy atom. The van der Waals surface area contributed by atoms with Crippen molar-refractivity contribution in [2.24, 2.45) is 0 Å². The highest BCUT2D eigenvalue weighted by Gasteiger charge is 2.34. The molecule has 8 nitrogen and oxygen atoms in total. The largest absolute Gasteiger partial charge is 0.494 e. The minimum absolute atomic E-state index is 0.0875. The molecule has 0 saturated carbocycles. The van der Waals surface area contributed by atoms with Crippen LogP contribution in [0.1, 0.15) is 28.9 Å². The summed E-state index contributed by atoms with van der Waals surface area (Å²) in [5.41, 5.74) is 1.30. The Hall–Kier alpha value is -2.78. The maximum atomic E-state index is 12.5. The quantitative estimate of drug-likeness (QED) is 0.706. The Balaban J connectivity index is 1.43. The van der Waals surface area contributed by atoms with Gasteiger partial charge in [0.2, 0.25) is 5.91 Å². The van der Waals surface area contributed by atoms with Gasteiger partial charge in [0, 0.05) is 24.7 Å². The van der Waals surface area contributed by atoms with Gasteiger partial charge in [-0.15, -0.1) is 11.3 Å². The summed E-state index contributed by atoms with van der Waals surface area (Å²) < 4.78 is 11.4. The zero-order chi connectivity index (χ0) is 22.0. The smallest absolute Gasteiger partial charge is 0.414 e. The first-order chi connectivity index (χ1) is 15.0. The second-order valence-corrected chi connectivity index (χ2v) is 9.00. The lowest BCUT2D eigenvalue weighted by Crippen LogP contribution is -2.35. The Bertz CT molecular complexity index is 1010. The van der Waals surface area contributed by atoms with E-state index in [0.29, 0.717) is 33.6 Å². The highest BCUT2D eigenvalue weighted by atomic mass is 35.5. The van der Waals surface area contributed by atoms with Crippen LogP contribution in [0.5, 0.6) is 5.75 Å². The number of ether oxygens (including phenoxy) is 2. The molecule has 0 aliphatic carbocycles. The number of cyclic esters (lactones) is 1. The summed E-state index contributed by atoms with van der Waals surface area (Å²) in [7, 11) is 1.52. The molecule has 0 spiro atoms. The number of amides is 3. The molecule has 10 heteroatoms. The summed E-state index contributed by atoms with van der Waals surface area (Å²) in [6.07, 6.45) is 1.38. The molecule has 31 heavy (non-hydrogen) atoms. The molecule has 3 heterocycles. The first-order valence-electron chi connectivity index (χ1n) is 9.96. The number of methoxy groups -OCH3 is 1. The van der Waals surface area contributed by atoms with Crippen LogP contribution in [0.15, 0.2) is 30.3 Å². The van der Waals surface area contributed by atoms with E-state index in [2.05, 4.69) is 5.32 Å². The van der Waals surface area contributed by atoms with Crippen LogP contribution < -0.4 is 19.9 Å². The molecule has 164 valence electrons. The monoisotopic (exact) mass is 463 g/mol. The molecule has 0 radical (unpaired) electrons. The van der Waals surface area contributed by atoms with Crippen LogP contribution in [0.2, 0.25) is 4.34 Å². The lowest BCUT2D eigenvalue weighted by Gasteiger charge is -2.28. The predicted molar refractivity (Wildman–Crippen MR) is 118 cm³/mol. The van der Waals surface area contributed by atoms with E-state index in [-0.39, 0.29) is 24.9 Å². The van der Waals surface area contributed by atoms with Crippen LogP contribution in [-0.4, -0.2) is 50.8 Å². The molecular weight excluding hydrogens is 442 g/mol. The minimum Gasteiger partial charge on any atom is -0.494 e. The maximum Gasteiger partial charge on any atom is 0.414 e. The Kier molecular flexibility index (Phi) is 6.33. The molecule has 2 aliphatic rings. The van der Waals surface area contributed by atoms with Gasteiger partial charge in [0.05, 0.1) is 35.1 Å². The van der Waals surface area contributed by atoms with Gasteiger partial charge >= 0.3 is 6.09 Å². The summed E-state index contributed by atoms with van der Waals surface area (Å²) in [5.74, 6) is 0.301. The molecule has 2 aliphatic heterocycles. The van der Waals surface area contributed by atoms with Crippen molar-refractivity contribution in [2.75, 3.05) is 36.5 Å². The molecule has 2 aromatic rings. The number of carbonyl (C=O) groups is 3. The van der Waals surface area contributed by atoms with Crippen LogP contribution in [0, 0.1) is 0 Å². The molecular formula is C21H22ClN3O5S. The minimum atomic E-state index is -0.515. The van der Waals surface area contributed by atoms with Gasteiger partial charge in [-0.2, -0.15) is 0 Å². The highest BCUT2D eigenvalue weighted by molar-refractivity contribution is 7.18. The number of carbonyl (C=O) groups excluding carboxylic acids is 3. The number of hydrogen-bond donors (Lipinski definition) is 1. The van der Waals surface area contributed by atoms with Crippen molar-refractivity contribution in [3.8, 4) is 5.75 Å². The fraction of sp³-hybridized carbons (Fsp3) is 0.381. The number of hydrogen-bond acceptors (Lipinski definition) is 6. The zero-order valence-electron chi connectivity index (χ0n) is 16.9. The van der Waals surface area contributed by atoms with Gasteiger partial charge in [-0.05, 0) is 37.1 Å². The van der Waals surface area contributed by atoms with Crippen molar-refractivity contribution in [1.82, 2.24) is 5.32 Å². The molecule has 2 fully saturated rings. The van der Waals surface area contributed by atoms with Crippen LogP contribution in [0.3, 0.4) is 0 Å². The summed E-state index contributed by atoms with van der Waals surface area (Å²) in [5, 5.41) is 2.77. The van der Waals surface area contributed by atoms with Gasteiger partial charge in [-0.25, -0.2) is 4.79 Å². The number of nitrogens with zero attached hydrogens (tertiary/aromatic N) is 2. The Morgan fingerprint density at radius 2 is 2.10 bits per heavy atom. The molecule has 1 aromatic carbocycles. The van der Waals surface area contributed by atoms with Crippen molar-refractivity contribution in [3.63, 3.8) is 0 Å². The predicted octanol–water partition coefficient (Wildman–Crippen LogP) is 3.68. The molecule has 1 N–H and O–H groups in total. The standard InChI is InChI=1S/C21H22ClN3O5S/c1-29-16-10-13(24-9-3-2-4-19(24)26)5-6-15(16)25-12-14(30-21(25)28)11-23-20(27)17-7-8-18(22)31-17/h5-8,10,14H,2-4,9,11-12H2,1H3,(H,23,27). The lowest BCUT2D eigenvalue weighted by molar-refractivity contribution is -0.119. The number of rotatable bonds is 6. The van der Waals surface area contributed by atoms with Gasteiger partial charge in [0.1, 0.15) is 11.9 Å². The third-order valence-electron chi connectivity index (χ3n) is 5.25. The first-order valence-corrected chi connectivity index (χ1v) is 11.2. The van der Waals surface area contributed by atoms with Gasteiger partial charge in [0.25, 0.3) is 5.91 Å². The number of anilines is 2. The van der Waals surface area contributed by atoms with E-state index in [9.17, 15) is 14.4 Å². The van der Waals surface area contributed by atoms with E-state index in [1.807, 2.05) is 6.07 Å². The number of piperidine rings is 1. The molecule has 4 rings (SSSR count). The molecule has 2 saturated heterocycles. The number of nitrogens with one attached hydrogen (secondary N) is 1. The van der Waals surface area contributed by atoms with Crippen LogP contribution in [0.25, 0.3) is 0 Å². The van der Waals surface area contributed by atoms with Crippen LogP contribution >= 0.6 is 22.9 Å². The summed E-state index contributed by atoms with van der Waals surface area (Å²) >= 11 is 7.05. The molecule has 1 atom stereocenters. The van der Waals surface area contributed by atoms with Gasteiger partial charge < -0.3 is 19.7 Å². The summed E-state index contributed by atoms with van der Waals surface area (Å²) in [4.78, 5) is 40.6. The summed E-state index contributed by atoms with van der Waals surface area (Å²) in [6.45, 7) is 1.12. The molecule has 1 unspecified atom stereocenters. The number of halogens is 1. The fourth-order valence-electron chi connectivity index (χ4n) is 3.69. The summed E-state index contributed by atoms with van der Waals surface area (Å²) in [6, 6.07) is 8.64. The van der Waals surface area contributed by atoms with Gasteiger partial charge in [-0.1, -0.05) is 11.6 Å². The van der Waals surface area contributed by atoms with E-state index >= 15 is 0 Å². The average molecular weight is 464 g/mol. The van der Waals surface area contributed by atoms with Crippen molar-refractivity contribution in [2.45, 2.75) is 25.4 Å². The van der Waals surface area contributed by atoms with E-state index in [1.165, 1.54) is 23.3 Å². The second-order valence-electron chi connectivity index (χ2n) is 7.29. The molecule has 0 bridgehead atoms. The number of benzene rings is 1. The highest BCUT2D eigenvalue weighted by Crippen LogP contribution is 2.36. The topological polar surface area (TPSA) is 88.2 Å². The third kappa shape index (κ3) is 4.62. The second kappa shape index (κ2) is 9.15. The SMILES string of the molecule is COc1cc(N2CCCCC2=O)ccc1N1CC(CNC(=O)c2ccc(Cl)s2)OC1=O. The van der Waals surface area contributed by atoms with Crippen molar-refractivity contribution in [1.29, 1.82) is 0 Å². The fourth-order valence-corrected chi connectivity index (χ4v) is 4.65. The van der Waals surface area contributed by atoms with Crippen LogP contribution in [-0.2, 0) is 9.53 Å². The van der Waals surface area contributed by atoms with E-state index < -0.39 is 12.2 Å². The maximum absolute atomic E-state index is 12.5.